The normalized spacial score (nSPS) is 12.8. The molecule has 1 aliphatic rings. The van der Waals surface area contributed by atoms with Gasteiger partial charge in [0.1, 0.15) is 5.82 Å². The molecule has 0 spiro atoms. The molecule has 0 atom stereocenters. The highest BCUT2D eigenvalue weighted by atomic mass is 19.4. The van der Waals surface area contributed by atoms with Crippen molar-refractivity contribution < 1.29 is 22.4 Å². The number of alkyl halides is 3. The maximum atomic E-state index is 14.1. The van der Waals surface area contributed by atoms with Gasteiger partial charge in [0.05, 0.1) is 35.4 Å². The fraction of sp³-hybridized carbons (Fsp3) is 0.259. The van der Waals surface area contributed by atoms with Gasteiger partial charge in [0, 0.05) is 30.3 Å². The van der Waals surface area contributed by atoms with Gasteiger partial charge in [-0.25, -0.2) is 4.39 Å². The number of rotatable bonds is 9. The number of amides is 1. The molecule has 0 fully saturated rings. The second-order valence-electron chi connectivity index (χ2n) is 9.10. The SMILES string of the molecule is O=C(NCc1cc(C(F)(F)F)ccn1)c1cn(CCCCc2cc3c(nn2)CC(c2ccccc2F)=C3)nn1. The highest BCUT2D eigenvalue weighted by molar-refractivity contribution is 5.91. The van der Waals surface area contributed by atoms with E-state index in [0.717, 1.165) is 53.7 Å². The maximum absolute atomic E-state index is 14.1. The molecule has 3 aromatic heterocycles. The van der Waals surface area contributed by atoms with Crippen molar-refractivity contribution in [1.82, 2.24) is 35.5 Å². The smallest absolute Gasteiger partial charge is 0.345 e. The summed E-state index contributed by atoms with van der Waals surface area (Å²) < 4.78 is 54.2. The Labute approximate surface area is 220 Å². The molecule has 0 unspecified atom stereocenters. The van der Waals surface area contributed by atoms with Gasteiger partial charge in [-0.15, -0.1) is 5.10 Å². The summed E-state index contributed by atoms with van der Waals surface area (Å²) in [7, 11) is 0. The van der Waals surface area contributed by atoms with Gasteiger partial charge >= 0.3 is 6.18 Å². The zero-order valence-corrected chi connectivity index (χ0v) is 20.6. The summed E-state index contributed by atoms with van der Waals surface area (Å²) in [6.07, 6.45) is 2.77. The molecular formula is C27H23F4N7O. The third-order valence-corrected chi connectivity index (χ3v) is 6.28. The predicted octanol–water partition coefficient (Wildman–Crippen LogP) is 4.67. The van der Waals surface area contributed by atoms with E-state index >= 15 is 0 Å². The Balaban J connectivity index is 1.09. The van der Waals surface area contributed by atoms with Crippen LogP contribution < -0.4 is 5.32 Å². The molecule has 0 bridgehead atoms. The first-order chi connectivity index (χ1) is 18.8. The number of hydrogen-bond acceptors (Lipinski definition) is 6. The lowest BCUT2D eigenvalue weighted by Crippen LogP contribution is -2.24. The van der Waals surface area contributed by atoms with Crippen LogP contribution in [-0.2, 0) is 32.1 Å². The summed E-state index contributed by atoms with van der Waals surface area (Å²) in [5.41, 5.74) is 3.38. The van der Waals surface area contributed by atoms with Crippen molar-refractivity contribution >= 4 is 17.6 Å². The van der Waals surface area contributed by atoms with E-state index in [1.54, 1.807) is 12.1 Å². The molecule has 0 saturated heterocycles. The number of benzene rings is 1. The molecular weight excluding hydrogens is 514 g/mol. The first-order valence-electron chi connectivity index (χ1n) is 12.3. The van der Waals surface area contributed by atoms with Crippen molar-refractivity contribution in [3.8, 4) is 0 Å². The second kappa shape index (κ2) is 11.1. The van der Waals surface area contributed by atoms with Crippen LogP contribution in [0.4, 0.5) is 17.6 Å². The number of fused-ring (bicyclic) bond motifs is 1. The van der Waals surface area contributed by atoms with Crippen LogP contribution in [0.5, 0.6) is 0 Å². The van der Waals surface area contributed by atoms with E-state index in [1.165, 1.54) is 16.9 Å². The van der Waals surface area contributed by atoms with E-state index in [1.807, 2.05) is 18.2 Å². The Morgan fingerprint density at radius 3 is 2.69 bits per heavy atom. The molecule has 200 valence electrons. The van der Waals surface area contributed by atoms with Crippen LogP contribution in [0.1, 0.15) is 57.1 Å². The van der Waals surface area contributed by atoms with Gasteiger partial charge in [-0.2, -0.15) is 23.4 Å². The predicted molar refractivity (Wildman–Crippen MR) is 133 cm³/mol. The lowest BCUT2D eigenvalue weighted by atomic mass is 10.0. The van der Waals surface area contributed by atoms with Crippen LogP contribution >= 0.6 is 0 Å². The monoisotopic (exact) mass is 537 g/mol. The number of pyridine rings is 1. The van der Waals surface area contributed by atoms with Gasteiger partial charge < -0.3 is 5.32 Å². The lowest BCUT2D eigenvalue weighted by Gasteiger charge is -2.08. The van der Waals surface area contributed by atoms with E-state index in [-0.39, 0.29) is 23.7 Å². The number of unbranched alkanes of at least 4 members (excludes halogenated alkanes) is 1. The third-order valence-electron chi connectivity index (χ3n) is 6.28. The summed E-state index contributed by atoms with van der Waals surface area (Å²) in [6.45, 7) is 0.347. The standard InChI is InChI=1S/C27H23F4N7O/c28-23-7-2-1-6-22(23)17-11-18-12-20(34-35-24(18)13-17)5-3-4-10-38-16-25(36-37-38)26(39)33-15-21-14-19(8-9-32-21)27(29,30)31/h1-2,6-9,11-12,14,16H,3-5,10,13,15H2,(H,33,39). The number of aromatic nitrogens is 6. The number of nitrogens with one attached hydrogen (secondary N) is 1. The van der Waals surface area contributed by atoms with Gasteiger partial charge in [-0.1, -0.05) is 23.4 Å². The highest BCUT2D eigenvalue weighted by Crippen LogP contribution is 2.32. The number of carbonyl (C=O) groups excluding carboxylic acids is 1. The summed E-state index contributed by atoms with van der Waals surface area (Å²) in [5.74, 6) is -0.817. The van der Waals surface area contributed by atoms with Gasteiger partial charge in [0.15, 0.2) is 5.69 Å². The van der Waals surface area contributed by atoms with Gasteiger partial charge in [0.25, 0.3) is 5.91 Å². The summed E-state index contributed by atoms with van der Waals surface area (Å²) in [4.78, 5) is 16.2. The Hall–Kier alpha value is -4.48. The molecule has 0 saturated carbocycles. The van der Waals surface area contributed by atoms with E-state index in [2.05, 4.69) is 30.8 Å². The molecule has 1 aromatic carbocycles. The van der Waals surface area contributed by atoms with Crippen molar-refractivity contribution in [3.63, 3.8) is 0 Å². The molecule has 1 N–H and O–H groups in total. The molecule has 1 aliphatic carbocycles. The summed E-state index contributed by atoms with van der Waals surface area (Å²) in [5, 5.41) is 18.9. The van der Waals surface area contributed by atoms with Crippen molar-refractivity contribution in [2.45, 2.75) is 44.9 Å². The number of halogens is 4. The number of nitrogens with zero attached hydrogens (tertiary/aromatic N) is 6. The van der Waals surface area contributed by atoms with Crippen LogP contribution in [0.2, 0.25) is 0 Å². The number of hydrogen-bond donors (Lipinski definition) is 1. The summed E-state index contributed by atoms with van der Waals surface area (Å²) in [6, 6.07) is 10.4. The molecule has 8 nitrogen and oxygen atoms in total. The fourth-order valence-electron chi connectivity index (χ4n) is 4.28. The van der Waals surface area contributed by atoms with Crippen molar-refractivity contribution in [2.75, 3.05) is 0 Å². The minimum atomic E-state index is -4.48. The minimum absolute atomic E-state index is 0.0592. The summed E-state index contributed by atoms with van der Waals surface area (Å²) >= 11 is 0. The molecule has 0 aliphatic heterocycles. The molecule has 4 aromatic rings. The van der Waals surface area contributed by atoms with Gasteiger partial charge in [0.2, 0.25) is 0 Å². The minimum Gasteiger partial charge on any atom is -0.345 e. The largest absolute Gasteiger partial charge is 0.416 e. The van der Waals surface area contributed by atoms with Crippen LogP contribution in [-0.4, -0.2) is 36.1 Å². The number of carbonyl (C=O) groups is 1. The van der Waals surface area contributed by atoms with Crippen LogP contribution in [0.25, 0.3) is 11.6 Å². The van der Waals surface area contributed by atoms with E-state index < -0.39 is 17.6 Å². The highest BCUT2D eigenvalue weighted by Gasteiger charge is 2.30. The Bertz CT molecular complexity index is 1530. The van der Waals surface area contributed by atoms with E-state index in [0.29, 0.717) is 24.9 Å². The lowest BCUT2D eigenvalue weighted by molar-refractivity contribution is -0.137. The average molecular weight is 538 g/mol. The van der Waals surface area contributed by atoms with Crippen LogP contribution in [0.15, 0.2) is 54.9 Å². The van der Waals surface area contributed by atoms with Gasteiger partial charge in [-0.05, 0) is 55.2 Å². The first-order valence-corrected chi connectivity index (χ1v) is 12.3. The van der Waals surface area contributed by atoms with Crippen LogP contribution in [0.3, 0.4) is 0 Å². The molecule has 12 heteroatoms. The Morgan fingerprint density at radius 2 is 1.87 bits per heavy atom. The maximum Gasteiger partial charge on any atom is 0.416 e. The van der Waals surface area contributed by atoms with Crippen LogP contribution in [0, 0.1) is 5.82 Å². The molecule has 39 heavy (non-hydrogen) atoms. The molecule has 1 amide bonds. The zero-order chi connectivity index (χ0) is 27.4. The molecule has 5 rings (SSSR count). The number of aryl methyl sites for hydroxylation is 2. The quantitative estimate of drug-likeness (QED) is 0.246. The third kappa shape index (κ3) is 6.33. The topological polar surface area (TPSA) is 98.5 Å². The average Bonchev–Trinajstić information content (AvgIpc) is 3.57. The second-order valence-corrected chi connectivity index (χ2v) is 9.10. The van der Waals surface area contributed by atoms with Crippen molar-refractivity contribution in [1.29, 1.82) is 0 Å². The first kappa shape index (κ1) is 26.1. The molecule has 3 heterocycles. The van der Waals surface area contributed by atoms with Crippen molar-refractivity contribution in [2.24, 2.45) is 0 Å². The van der Waals surface area contributed by atoms with Crippen molar-refractivity contribution in [3.05, 3.63) is 100 Å². The Kier molecular flexibility index (Phi) is 7.44. The van der Waals surface area contributed by atoms with Gasteiger partial charge in [-0.3, -0.25) is 14.5 Å². The van der Waals surface area contributed by atoms with E-state index in [9.17, 15) is 22.4 Å². The zero-order valence-electron chi connectivity index (χ0n) is 20.6. The number of allylic oxidation sites excluding steroid dienone is 1. The Morgan fingerprint density at radius 1 is 1.03 bits per heavy atom. The molecule has 0 radical (unpaired) electrons. The van der Waals surface area contributed by atoms with E-state index in [4.69, 9.17) is 0 Å². The fourth-order valence-corrected chi connectivity index (χ4v) is 4.28.